The van der Waals surface area contributed by atoms with E-state index < -0.39 is 0 Å². The molecular weight excluding hydrogens is 358 g/mol. The highest BCUT2D eigenvalue weighted by Gasteiger charge is 2.26. The number of nitriles is 1. The molecule has 29 heavy (non-hydrogen) atoms. The Morgan fingerprint density at radius 3 is 2.52 bits per heavy atom. The van der Waals surface area contributed by atoms with Crippen molar-refractivity contribution in [3.63, 3.8) is 0 Å². The fourth-order valence-corrected chi connectivity index (χ4v) is 4.44. The van der Waals surface area contributed by atoms with E-state index in [0.29, 0.717) is 5.92 Å². The number of para-hydroxylation sites is 1. The van der Waals surface area contributed by atoms with Crippen LogP contribution < -0.4 is 4.90 Å². The second kappa shape index (κ2) is 8.96. The Hall–Kier alpha value is -3.06. The van der Waals surface area contributed by atoms with Crippen LogP contribution >= 0.6 is 0 Å². The van der Waals surface area contributed by atoms with Gasteiger partial charge in [-0.2, -0.15) is 5.26 Å². The van der Waals surface area contributed by atoms with Gasteiger partial charge in [0.05, 0.1) is 0 Å². The first-order valence-corrected chi connectivity index (χ1v) is 10.5. The summed E-state index contributed by atoms with van der Waals surface area (Å²) in [6, 6.07) is 21.0. The lowest BCUT2D eigenvalue weighted by Gasteiger charge is -2.33. The fourth-order valence-electron chi connectivity index (χ4n) is 4.44. The normalized spacial score (nSPS) is 17.6. The Labute approximate surface area is 173 Å². The van der Waals surface area contributed by atoms with Crippen LogP contribution in [0, 0.1) is 17.2 Å². The Balaban J connectivity index is 1.40. The second-order valence-corrected chi connectivity index (χ2v) is 8.01. The van der Waals surface area contributed by atoms with E-state index in [9.17, 15) is 10.1 Å². The van der Waals surface area contributed by atoms with Crippen LogP contribution in [0.25, 0.3) is 0 Å². The minimum Gasteiger partial charge on any atom is -0.346 e. The van der Waals surface area contributed by atoms with E-state index in [1.54, 1.807) is 6.20 Å². The lowest BCUT2D eigenvalue weighted by Crippen LogP contribution is -2.40. The van der Waals surface area contributed by atoms with Crippen LogP contribution in [0.2, 0.25) is 0 Å². The summed E-state index contributed by atoms with van der Waals surface area (Å²) in [5.74, 6) is 0.471. The SMILES string of the molecule is N#C/C(=C/N1CCCc2ccccc21)C(=O)N1CCC(Cc2ccccc2)CC1. The third kappa shape index (κ3) is 4.51. The van der Waals surface area contributed by atoms with Crippen LogP contribution in [0.4, 0.5) is 5.69 Å². The van der Waals surface area contributed by atoms with Gasteiger partial charge in [0.2, 0.25) is 0 Å². The van der Waals surface area contributed by atoms with E-state index >= 15 is 0 Å². The molecule has 1 saturated heterocycles. The minimum absolute atomic E-state index is 0.131. The van der Waals surface area contributed by atoms with Gasteiger partial charge in [-0.05, 0) is 55.2 Å². The molecule has 4 rings (SSSR count). The summed E-state index contributed by atoms with van der Waals surface area (Å²) in [5.41, 5.74) is 3.99. The number of piperidine rings is 1. The summed E-state index contributed by atoms with van der Waals surface area (Å²) < 4.78 is 0. The topological polar surface area (TPSA) is 47.3 Å². The number of amides is 1. The largest absolute Gasteiger partial charge is 0.346 e. The quantitative estimate of drug-likeness (QED) is 0.581. The van der Waals surface area contributed by atoms with Crippen molar-refractivity contribution in [3.05, 3.63) is 77.5 Å². The zero-order chi connectivity index (χ0) is 20.1. The van der Waals surface area contributed by atoms with Gasteiger partial charge in [-0.25, -0.2) is 0 Å². The summed E-state index contributed by atoms with van der Waals surface area (Å²) in [7, 11) is 0. The number of hydrogen-bond acceptors (Lipinski definition) is 3. The molecule has 0 atom stereocenters. The maximum Gasteiger partial charge on any atom is 0.266 e. The summed E-state index contributed by atoms with van der Waals surface area (Å²) >= 11 is 0. The van der Waals surface area contributed by atoms with Gasteiger partial charge in [0.1, 0.15) is 11.6 Å². The summed E-state index contributed by atoms with van der Waals surface area (Å²) in [4.78, 5) is 16.9. The number of carbonyl (C=O) groups is 1. The fraction of sp³-hybridized carbons (Fsp3) is 0.360. The minimum atomic E-state index is -0.131. The van der Waals surface area contributed by atoms with Crippen molar-refractivity contribution >= 4 is 11.6 Å². The van der Waals surface area contributed by atoms with Gasteiger partial charge in [0.25, 0.3) is 5.91 Å². The maximum absolute atomic E-state index is 13.0. The monoisotopic (exact) mass is 385 g/mol. The Kier molecular flexibility index (Phi) is 5.95. The third-order valence-corrected chi connectivity index (χ3v) is 6.05. The van der Waals surface area contributed by atoms with Gasteiger partial charge in [-0.3, -0.25) is 4.79 Å². The number of rotatable bonds is 4. The number of carbonyl (C=O) groups excluding carboxylic acids is 1. The molecule has 1 fully saturated rings. The molecule has 1 amide bonds. The van der Waals surface area contributed by atoms with Crippen molar-refractivity contribution < 1.29 is 4.79 Å². The second-order valence-electron chi connectivity index (χ2n) is 8.01. The molecule has 2 aliphatic heterocycles. The first-order chi connectivity index (χ1) is 14.2. The molecular formula is C25H27N3O. The van der Waals surface area contributed by atoms with Crippen LogP contribution in [-0.4, -0.2) is 30.4 Å². The number of likely N-dealkylation sites (tertiary alicyclic amines) is 1. The maximum atomic E-state index is 13.0. The molecule has 0 aromatic heterocycles. The molecule has 2 heterocycles. The molecule has 148 valence electrons. The number of hydrogen-bond donors (Lipinski definition) is 0. The van der Waals surface area contributed by atoms with Crippen LogP contribution in [-0.2, 0) is 17.6 Å². The lowest BCUT2D eigenvalue weighted by atomic mass is 9.90. The van der Waals surface area contributed by atoms with Gasteiger partial charge < -0.3 is 9.80 Å². The van der Waals surface area contributed by atoms with Crippen molar-refractivity contribution in [2.24, 2.45) is 5.92 Å². The molecule has 0 N–H and O–H groups in total. The molecule has 2 aromatic carbocycles. The number of aryl methyl sites for hydroxylation is 1. The smallest absolute Gasteiger partial charge is 0.266 e. The number of benzene rings is 2. The molecule has 2 aromatic rings. The summed E-state index contributed by atoms with van der Waals surface area (Å²) in [6.45, 7) is 2.30. The van der Waals surface area contributed by atoms with Crippen molar-refractivity contribution in [1.82, 2.24) is 4.90 Å². The van der Waals surface area contributed by atoms with Crippen molar-refractivity contribution in [2.45, 2.75) is 32.1 Å². The third-order valence-electron chi connectivity index (χ3n) is 6.05. The first-order valence-electron chi connectivity index (χ1n) is 10.5. The zero-order valence-electron chi connectivity index (χ0n) is 16.8. The Bertz CT molecular complexity index is 921. The van der Waals surface area contributed by atoms with Crippen molar-refractivity contribution in [1.29, 1.82) is 5.26 Å². The highest BCUT2D eigenvalue weighted by molar-refractivity contribution is 5.97. The number of nitrogens with zero attached hydrogens (tertiary/aromatic N) is 3. The van der Waals surface area contributed by atoms with E-state index in [1.165, 1.54) is 11.1 Å². The van der Waals surface area contributed by atoms with Crippen molar-refractivity contribution in [2.75, 3.05) is 24.5 Å². The average molecular weight is 386 g/mol. The van der Waals surface area contributed by atoms with Crippen LogP contribution in [0.5, 0.6) is 0 Å². The molecule has 0 bridgehead atoms. The first kappa shape index (κ1) is 19.3. The Morgan fingerprint density at radius 2 is 1.76 bits per heavy atom. The van der Waals surface area contributed by atoms with Gasteiger partial charge >= 0.3 is 0 Å². The van der Waals surface area contributed by atoms with Gasteiger partial charge in [0, 0.05) is 31.5 Å². The van der Waals surface area contributed by atoms with E-state index in [2.05, 4.69) is 47.4 Å². The standard InChI is InChI=1S/C25H27N3O/c26-18-23(19-28-14-6-10-22-9-4-5-11-24(22)28)25(29)27-15-12-21(13-16-27)17-20-7-2-1-3-8-20/h1-5,7-9,11,19,21H,6,10,12-17H2/b23-19-. The molecule has 0 saturated carbocycles. The molecule has 0 unspecified atom stereocenters. The van der Waals surface area contributed by atoms with Crippen LogP contribution in [0.3, 0.4) is 0 Å². The predicted molar refractivity (Wildman–Crippen MR) is 115 cm³/mol. The van der Waals surface area contributed by atoms with Gasteiger partial charge in [0.15, 0.2) is 0 Å². The van der Waals surface area contributed by atoms with Crippen LogP contribution in [0.1, 0.15) is 30.4 Å². The van der Waals surface area contributed by atoms with E-state index in [4.69, 9.17) is 0 Å². The highest BCUT2D eigenvalue weighted by atomic mass is 16.2. The molecule has 2 aliphatic rings. The summed E-state index contributed by atoms with van der Waals surface area (Å²) in [6.07, 6.45) is 6.89. The molecule has 0 radical (unpaired) electrons. The molecule has 4 heteroatoms. The van der Waals surface area contributed by atoms with Crippen LogP contribution in [0.15, 0.2) is 66.4 Å². The van der Waals surface area contributed by atoms with Gasteiger partial charge in [-0.1, -0.05) is 48.5 Å². The highest BCUT2D eigenvalue weighted by Crippen LogP contribution is 2.28. The van der Waals surface area contributed by atoms with E-state index in [-0.39, 0.29) is 11.5 Å². The van der Waals surface area contributed by atoms with Gasteiger partial charge in [-0.15, -0.1) is 0 Å². The molecule has 0 aliphatic carbocycles. The molecule has 0 spiro atoms. The lowest BCUT2D eigenvalue weighted by molar-refractivity contribution is -0.128. The Morgan fingerprint density at radius 1 is 1.03 bits per heavy atom. The van der Waals surface area contributed by atoms with Crippen molar-refractivity contribution in [3.8, 4) is 6.07 Å². The number of fused-ring (bicyclic) bond motifs is 1. The predicted octanol–water partition coefficient (Wildman–Crippen LogP) is 4.33. The zero-order valence-corrected chi connectivity index (χ0v) is 16.8. The van der Waals surface area contributed by atoms with E-state index in [1.807, 2.05) is 23.1 Å². The van der Waals surface area contributed by atoms with E-state index in [0.717, 1.165) is 57.4 Å². The average Bonchev–Trinajstić information content (AvgIpc) is 2.78. The summed E-state index contributed by atoms with van der Waals surface area (Å²) in [5, 5.41) is 9.66. The number of anilines is 1. The molecule has 4 nitrogen and oxygen atoms in total.